The van der Waals surface area contributed by atoms with Crippen molar-refractivity contribution in [1.82, 2.24) is 10.1 Å². The Morgan fingerprint density at radius 3 is 2.35 bits per heavy atom. The van der Waals surface area contributed by atoms with Crippen LogP contribution < -0.4 is 9.64 Å². The smallest absolute Gasteiger partial charge is 0.257 e. The van der Waals surface area contributed by atoms with E-state index in [-0.39, 0.29) is 18.3 Å². The summed E-state index contributed by atoms with van der Waals surface area (Å²) in [5, 5.41) is 16.2. The molecule has 0 saturated carbocycles. The van der Waals surface area contributed by atoms with Gasteiger partial charge in [0.2, 0.25) is 0 Å². The normalized spacial score (nSPS) is 13.9. The van der Waals surface area contributed by atoms with Crippen molar-refractivity contribution in [3.05, 3.63) is 83.2 Å². The molecule has 3 aromatic carbocycles. The predicted octanol–water partition coefficient (Wildman–Crippen LogP) is 4.69. The van der Waals surface area contributed by atoms with E-state index in [9.17, 15) is 9.90 Å². The van der Waals surface area contributed by atoms with Gasteiger partial charge in [-0.05, 0) is 48.9 Å². The number of hydrogen-bond acceptors (Lipinski definition) is 6. The van der Waals surface area contributed by atoms with Crippen LogP contribution in [0, 0.1) is 13.8 Å². The first-order valence-electron chi connectivity index (χ1n) is 11.4. The zero-order chi connectivity index (χ0) is 23.7. The number of aromatic hydroxyl groups is 1. The Kier molecular flexibility index (Phi) is 5.84. The maximum Gasteiger partial charge on any atom is 0.257 e. The number of phenols is 1. The van der Waals surface area contributed by atoms with Crippen LogP contribution in [0.4, 0.5) is 5.69 Å². The number of ether oxygens (including phenoxy) is 1. The topological polar surface area (TPSA) is 79.0 Å². The van der Waals surface area contributed by atoms with Crippen molar-refractivity contribution in [2.45, 2.75) is 20.5 Å². The van der Waals surface area contributed by atoms with Crippen LogP contribution in [0.1, 0.15) is 27.4 Å². The molecule has 7 nitrogen and oxygen atoms in total. The van der Waals surface area contributed by atoms with E-state index < -0.39 is 0 Å². The second kappa shape index (κ2) is 9.09. The lowest BCUT2D eigenvalue weighted by Gasteiger charge is -2.36. The Balaban J connectivity index is 1.39. The number of benzene rings is 3. The van der Waals surface area contributed by atoms with Crippen LogP contribution in [0.3, 0.4) is 0 Å². The van der Waals surface area contributed by atoms with E-state index >= 15 is 0 Å². The number of anilines is 1. The molecule has 1 saturated heterocycles. The average molecular weight is 458 g/mol. The molecule has 5 rings (SSSR count). The summed E-state index contributed by atoms with van der Waals surface area (Å²) in [5.74, 6) is 1.46. The second-order valence-corrected chi connectivity index (χ2v) is 8.55. The summed E-state index contributed by atoms with van der Waals surface area (Å²) in [6.07, 6.45) is 0. The van der Waals surface area contributed by atoms with Crippen LogP contribution in [0.2, 0.25) is 0 Å². The molecule has 1 amide bonds. The number of rotatable bonds is 5. The molecule has 1 N–H and O–H groups in total. The number of hydrogen-bond donors (Lipinski definition) is 1. The molecule has 1 aromatic heterocycles. The quantitative estimate of drug-likeness (QED) is 0.468. The van der Waals surface area contributed by atoms with Gasteiger partial charge in [-0.15, -0.1) is 0 Å². The van der Waals surface area contributed by atoms with E-state index in [1.54, 1.807) is 6.07 Å². The molecule has 34 heavy (non-hydrogen) atoms. The molecule has 2 heterocycles. The molecule has 174 valence electrons. The van der Waals surface area contributed by atoms with Gasteiger partial charge < -0.3 is 24.2 Å². The predicted molar refractivity (Wildman–Crippen MR) is 130 cm³/mol. The molecule has 4 aromatic rings. The van der Waals surface area contributed by atoms with Gasteiger partial charge in [0.15, 0.2) is 0 Å². The number of piperazine rings is 1. The van der Waals surface area contributed by atoms with E-state index in [0.29, 0.717) is 43.3 Å². The van der Waals surface area contributed by atoms with Gasteiger partial charge in [0.1, 0.15) is 23.9 Å². The molecular weight excluding hydrogens is 430 g/mol. The standard InChI is InChI=1S/C27H27N3O4/c1-18-23(19(2)34-28-18)17-33-26-16-21-8-4-3-7-20(21)15-22(26)27(32)30-13-11-29(12-14-30)24-9-5-6-10-25(24)31/h3-10,15-16,31H,11-14,17H2,1-2H3. The number of para-hydroxylation sites is 2. The highest BCUT2D eigenvalue weighted by atomic mass is 16.5. The van der Waals surface area contributed by atoms with Crippen LogP contribution in [0.15, 0.2) is 65.2 Å². The van der Waals surface area contributed by atoms with Crippen molar-refractivity contribution in [1.29, 1.82) is 0 Å². The van der Waals surface area contributed by atoms with Gasteiger partial charge in [-0.1, -0.05) is 41.6 Å². The first-order chi connectivity index (χ1) is 16.5. The highest BCUT2D eigenvalue weighted by molar-refractivity contribution is 6.01. The van der Waals surface area contributed by atoms with Crippen molar-refractivity contribution >= 4 is 22.4 Å². The maximum absolute atomic E-state index is 13.6. The number of carbonyl (C=O) groups is 1. The van der Waals surface area contributed by atoms with E-state index in [1.807, 2.05) is 73.3 Å². The molecule has 7 heteroatoms. The Labute approximate surface area is 198 Å². The summed E-state index contributed by atoms with van der Waals surface area (Å²) in [6, 6.07) is 19.1. The van der Waals surface area contributed by atoms with Crippen LogP contribution in [-0.4, -0.2) is 47.2 Å². The fourth-order valence-electron chi connectivity index (χ4n) is 4.42. The minimum atomic E-state index is -0.0588. The minimum absolute atomic E-state index is 0.0588. The fourth-order valence-corrected chi connectivity index (χ4v) is 4.42. The Hall–Kier alpha value is -4.00. The molecule has 0 unspecified atom stereocenters. The number of aromatic nitrogens is 1. The maximum atomic E-state index is 13.6. The summed E-state index contributed by atoms with van der Waals surface area (Å²) in [5.41, 5.74) is 3.01. The van der Waals surface area contributed by atoms with Gasteiger partial charge in [0, 0.05) is 26.2 Å². The third-order valence-corrected chi connectivity index (χ3v) is 6.42. The molecule has 0 spiro atoms. The van der Waals surface area contributed by atoms with Crippen LogP contribution >= 0.6 is 0 Å². The Bertz CT molecular complexity index is 1320. The molecule has 1 fully saturated rings. The van der Waals surface area contributed by atoms with E-state index in [0.717, 1.165) is 27.7 Å². The first-order valence-corrected chi connectivity index (χ1v) is 11.4. The number of fused-ring (bicyclic) bond motifs is 1. The summed E-state index contributed by atoms with van der Waals surface area (Å²) in [7, 11) is 0. The Morgan fingerprint density at radius 2 is 1.68 bits per heavy atom. The average Bonchev–Trinajstić information content (AvgIpc) is 3.19. The molecule has 0 radical (unpaired) electrons. The largest absolute Gasteiger partial charge is 0.506 e. The summed E-state index contributed by atoms with van der Waals surface area (Å²) < 4.78 is 11.4. The van der Waals surface area contributed by atoms with Gasteiger partial charge in [-0.2, -0.15) is 0 Å². The lowest BCUT2D eigenvalue weighted by molar-refractivity contribution is 0.0742. The van der Waals surface area contributed by atoms with Gasteiger partial charge in [-0.25, -0.2) is 0 Å². The van der Waals surface area contributed by atoms with Crippen molar-refractivity contribution in [2.75, 3.05) is 31.1 Å². The van der Waals surface area contributed by atoms with E-state index in [4.69, 9.17) is 9.26 Å². The summed E-state index contributed by atoms with van der Waals surface area (Å²) in [6.45, 7) is 6.42. The molecule has 0 bridgehead atoms. The number of aryl methyl sites for hydroxylation is 2. The van der Waals surface area contributed by atoms with Gasteiger partial charge >= 0.3 is 0 Å². The zero-order valence-electron chi connectivity index (χ0n) is 19.3. The van der Waals surface area contributed by atoms with Crippen molar-refractivity contribution < 1.29 is 19.2 Å². The minimum Gasteiger partial charge on any atom is -0.506 e. The molecule has 0 aliphatic carbocycles. The number of amides is 1. The summed E-state index contributed by atoms with van der Waals surface area (Å²) >= 11 is 0. The van der Waals surface area contributed by atoms with Crippen molar-refractivity contribution in [3.8, 4) is 11.5 Å². The van der Waals surface area contributed by atoms with Crippen molar-refractivity contribution in [3.63, 3.8) is 0 Å². The van der Waals surface area contributed by atoms with Gasteiger partial charge in [-0.3, -0.25) is 4.79 Å². The van der Waals surface area contributed by atoms with Gasteiger partial charge in [0.05, 0.1) is 22.5 Å². The van der Waals surface area contributed by atoms with Crippen LogP contribution in [0.5, 0.6) is 11.5 Å². The van der Waals surface area contributed by atoms with Gasteiger partial charge in [0.25, 0.3) is 5.91 Å². The second-order valence-electron chi connectivity index (χ2n) is 8.55. The lowest BCUT2D eigenvalue weighted by atomic mass is 10.0. The number of phenolic OH excluding ortho intramolecular Hbond substituents is 1. The fraction of sp³-hybridized carbons (Fsp3) is 0.259. The highest BCUT2D eigenvalue weighted by Gasteiger charge is 2.26. The third kappa shape index (κ3) is 4.17. The number of carbonyl (C=O) groups excluding carboxylic acids is 1. The molecular formula is C27H27N3O4. The highest BCUT2D eigenvalue weighted by Crippen LogP contribution is 2.31. The molecule has 1 aliphatic heterocycles. The monoisotopic (exact) mass is 457 g/mol. The van der Waals surface area contributed by atoms with Crippen LogP contribution in [-0.2, 0) is 6.61 Å². The zero-order valence-corrected chi connectivity index (χ0v) is 19.3. The number of nitrogens with zero attached hydrogens (tertiary/aromatic N) is 3. The lowest BCUT2D eigenvalue weighted by Crippen LogP contribution is -2.48. The SMILES string of the molecule is Cc1noc(C)c1COc1cc2ccccc2cc1C(=O)N1CCN(c2ccccc2O)CC1. The first kappa shape index (κ1) is 21.8. The van der Waals surface area contributed by atoms with E-state index in [1.165, 1.54) is 0 Å². The third-order valence-electron chi connectivity index (χ3n) is 6.42. The Morgan fingerprint density at radius 1 is 1.00 bits per heavy atom. The molecule has 1 aliphatic rings. The van der Waals surface area contributed by atoms with Crippen molar-refractivity contribution in [2.24, 2.45) is 0 Å². The van der Waals surface area contributed by atoms with E-state index in [2.05, 4.69) is 10.1 Å². The molecule has 0 atom stereocenters. The van der Waals surface area contributed by atoms with Crippen LogP contribution in [0.25, 0.3) is 10.8 Å². The summed E-state index contributed by atoms with van der Waals surface area (Å²) in [4.78, 5) is 17.6.